The van der Waals surface area contributed by atoms with E-state index in [1.807, 2.05) is 12.1 Å². The first-order valence-corrected chi connectivity index (χ1v) is 4.91. The summed E-state index contributed by atoms with van der Waals surface area (Å²) in [5.41, 5.74) is 1.31. The van der Waals surface area contributed by atoms with Crippen molar-refractivity contribution in [2.45, 2.75) is 18.2 Å². The van der Waals surface area contributed by atoms with Crippen LogP contribution >= 0.6 is 23.2 Å². The second-order valence-electron chi connectivity index (χ2n) is 3.38. The summed E-state index contributed by atoms with van der Waals surface area (Å²) in [6.45, 7) is 2.18. The van der Waals surface area contributed by atoms with Gasteiger partial charge in [-0.2, -0.15) is 0 Å². The quantitative estimate of drug-likeness (QED) is 0.608. The van der Waals surface area contributed by atoms with Gasteiger partial charge < -0.3 is 0 Å². The molecule has 1 aromatic rings. The highest BCUT2D eigenvalue weighted by molar-refractivity contribution is 6.30. The van der Waals surface area contributed by atoms with Gasteiger partial charge in [0.1, 0.15) is 0 Å². The van der Waals surface area contributed by atoms with Gasteiger partial charge in [0.15, 0.2) is 0 Å². The lowest BCUT2D eigenvalue weighted by atomic mass is 10.1. The van der Waals surface area contributed by atoms with Gasteiger partial charge in [-0.05, 0) is 23.6 Å². The molecule has 1 aliphatic carbocycles. The van der Waals surface area contributed by atoms with Crippen LogP contribution in [0.15, 0.2) is 24.3 Å². The highest BCUT2D eigenvalue weighted by Gasteiger charge is 2.45. The third kappa shape index (κ3) is 1.34. The van der Waals surface area contributed by atoms with Crippen LogP contribution in [0.2, 0.25) is 5.02 Å². The third-order valence-electron chi connectivity index (χ3n) is 2.53. The van der Waals surface area contributed by atoms with E-state index in [9.17, 15) is 0 Å². The lowest BCUT2D eigenvalue weighted by molar-refractivity contribution is 0.915. The number of hydrogen-bond donors (Lipinski definition) is 0. The Bertz CT molecular complexity index is 270. The van der Waals surface area contributed by atoms with Gasteiger partial charge in [0, 0.05) is 16.3 Å². The van der Waals surface area contributed by atoms with Crippen LogP contribution in [0.3, 0.4) is 0 Å². The number of halogens is 2. The Morgan fingerprint density at radius 2 is 1.67 bits per heavy atom. The summed E-state index contributed by atoms with van der Waals surface area (Å²) in [7, 11) is 0. The first kappa shape index (κ1) is 8.40. The molecule has 1 saturated carbocycles. The molecular weight excluding hydrogens is 191 g/mol. The zero-order chi connectivity index (χ0) is 8.72. The van der Waals surface area contributed by atoms with Gasteiger partial charge in [-0.3, -0.25) is 0 Å². The Labute approximate surface area is 82.5 Å². The standard InChI is InChI=1S/C10H10Cl2/c1-6-9(10(6)12)7-2-4-8(11)5-3-7/h2-6,9-10H,1H3/t6-,9?,10+/m0/s1. The van der Waals surface area contributed by atoms with E-state index in [0.29, 0.717) is 17.2 Å². The van der Waals surface area contributed by atoms with Crippen molar-refractivity contribution in [2.75, 3.05) is 0 Å². The molecule has 0 nitrogen and oxygen atoms in total. The van der Waals surface area contributed by atoms with Gasteiger partial charge in [-0.25, -0.2) is 0 Å². The van der Waals surface area contributed by atoms with Gasteiger partial charge >= 0.3 is 0 Å². The fraction of sp³-hybridized carbons (Fsp3) is 0.400. The van der Waals surface area contributed by atoms with Crippen molar-refractivity contribution in [1.82, 2.24) is 0 Å². The molecule has 0 spiro atoms. The molecule has 1 aliphatic rings. The highest BCUT2D eigenvalue weighted by Crippen LogP contribution is 2.51. The summed E-state index contributed by atoms with van der Waals surface area (Å²) in [6, 6.07) is 7.97. The fourth-order valence-electron chi connectivity index (χ4n) is 1.59. The molecule has 0 N–H and O–H groups in total. The fourth-order valence-corrected chi connectivity index (χ4v) is 2.16. The van der Waals surface area contributed by atoms with Gasteiger partial charge in [0.2, 0.25) is 0 Å². The zero-order valence-electron chi connectivity index (χ0n) is 6.80. The molecule has 3 atom stereocenters. The zero-order valence-corrected chi connectivity index (χ0v) is 8.31. The molecule has 1 unspecified atom stereocenters. The lowest BCUT2D eigenvalue weighted by Gasteiger charge is -1.97. The van der Waals surface area contributed by atoms with Gasteiger partial charge in [-0.1, -0.05) is 30.7 Å². The number of hydrogen-bond acceptors (Lipinski definition) is 0. The molecule has 0 aliphatic heterocycles. The molecule has 0 heterocycles. The number of benzene rings is 1. The number of alkyl halides is 1. The molecule has 12 heavy (non-hydrogen) atoms. The molecule has 2 rings (SSSR count). The van der Waals surface area contributed by atoms with E-state index in [0.717, 1.165) is 5.02 Å². The molecule has 0 amide bonds. The average molecular weight is 201 g/mol. The van der Waals surface area contributed by atoms with E-state index >= 15 is 0 Å². The molecule has 1 aromatic carbocycles. The molecule has 64 valence electrons. The third-order valence-corrected chi connectivity index (χ3v) is 3.45. The lowest BCUT2D eigenvalue weighted by Crippen LogP contribution is -1.80. The Morgan fingerprint density at radius 3 is 2.08 bits per heavy atom. The smallest absolute Gasteiger partial charge is 0.0439 e. The van der Waals surface area contributed by atoms with Crippen molar-refractivity contribution in [1.29, 1.82) is 0 Å². The Morgan fingerprint density at radius 1 is 1.17 bits per heavy atom. The second kappa shape index (κ2) is 2.93. The van der Waals surface area contributed by atoms with Crippen LogP contribution in [0, 0.1) is 5.92 Å². The molecule has 0 aromatic heterocycles. The van der Waals surface area contributed by atoms with Crippen molar-refractivity contribution in [3.8, 4) is 0 Å². The molecule has 0 radical (unpaired) electrons. The van der Waals surface area contributed by atoms with Crippen molar-refractivity contribution in [3.63, 3.8) is 0 Å². The van der Waals surface area contributed by atoms with Gasteiger partial charge in [0.05, 0.1) is 0 Å². The summed E-state index contributed by atoms with van der Waals surface area (Å²) < 4.78 is 0. The first-order chi connectivity index (χ1) is 5.70. The van der Waals surface area contributed by atoms with Crippen molar-refractivity contribution < 1.29 is 0 Å². The minimum Gasteiger partial charge on any atom is -0.122 e. The summed E-state index contributed by atoms with van der Waals surface area (Å²) in [4.78, 5) is 0. The van der Waals surface area contributed by atoms with Crippen LogP contribution in [-0.4, -0.2) is 5.38 Å². The normalized spacial score (nSPS) is 33.4. The Hall–Kier alpha value is -0.200. The maximum atomic E-state index is 6.04. The topological polar surface area (TPSA) is 0 Å². The van der Waals surface area contributed by atoms with E-state index in [-0.39, 0.29) is 0 Å². The Balaban J connectivity index is 2.20. The van der Waals surface area contributed by atoms with Gasteiger partial charge in [0.25, 0.3) is 0 Å². The maximum absolute atomic E-state index is 6.04. The molecule has 1 fully saturated rings. The summed E-state index contributed by atoms with van der Waals surface area (Å²) in [5.74, 6) is 1.16. The highest BCUT2D eigenvalue weighted by atomic mass is 35.5. The molecule has 0 saturated heterocycles. The van der Waals surface area contributed by atoms with Crippen LogP contribution in [0.25, 0.3) is 0 Å². The molecular formula is C10H10Cl2. The maximum Gasteiger partial charge on any atom is 0.0439 e. The first-order valence-electron chi connectivity index (χ1n) is 4.09. The van der Waals surface area contributed by atoms with Crippen LogP contribution in [-0.2, 0) is 0 Å². The van der Waals surface area contributed by atoms with E-state index in [1.165, 1.54) is 5.56 Å². The van der Waals surface area contributed by atoms with E-state index in [2.05, 4.69) is 19.1 Å². The SMILES string of the molecule is C[C@H]1C(c2ccc(Cl)cc2)[C@@H]1Cl. The van der Waals surface area contributed by atoms with Crippen LogP contribution in [0.5, 0.6) is 0 Å². The molecule has 2 heteroatoms. The minimum atomic E-state index is 0.325. The largest absolute Gasteiger partial charge is 0.122 e. The molecule has 0 bridgehead atoms. The predicted octanol–water partition coefficient (Wildman–Crippen LogP) is 3.68. The summed E-state index contributed by atoms with van der Waals surface area (Å²) >= 11 is 11.8. The summed E-state index contributed by atoms with van der Waals surface area (Å²) in [5, 5.41) is 1.12. The Kier molecular flexibility index (Phi) is 2.05. The van der Waals surface area contributed by atoms with Gasteiger partial charge in [-0.15, -0.1) is 11.6 Å². The second-order valence-corrected chi connectivity index (χ2v) is 4.32. The van der Waals surface area contributed by atoms with Crippen LogP contribution in [0.1, 0.15) is 18.4 Å². The number of rotatable bonds is 1. The van der Waals surface area contributed by atoms with Crippen molar-refractivity contribution in [3.05, 3.63) is 34.9 Å². The van der Waals surface area contributed by atoms with Crippen molar-refractivity contribution in [2.24, 2.45) is 5.92 Å². The van der Waals surface area contributed by atoms with E-state index in [1.54, 1.807) is 0 Å². The van der Waals surface area contributed by atoms with E-state index < -0.39 is 0 Å². The van der Waals surface area contributed by atoms with Crippen LogP contribution < -0.4 is 0 Å². The minimum absolute atomic E-state index is 0.325. The van der Waals surface area contributed by atoms with E-state index in [4.69, 9.17) is 23.2 Å². The summed E-state index contributed by atoms with van der Waals surface area (Å²) in [6.07, 6.45) is 0. The monoisotopic (exact) mass is 200 g/mol. The van der Waals surface area contributed by atoms with Crippen LogP contribution in [0.4, 0.5) is 0 Å². The average Bonchev–Trinajstić information content (AvgIpc) is 2.63. The van der Waals surface area contributed by atoms with Crippen molar-refractivity contribution >= 4 is 23.2 Å². The predicted molar refractivity (Wildman–Crippen MR) is 53.0 cm³/mol.